The number of hydrogen-bond acceptors (Lipinski definition) is 6. The Morgan fingerprint density at radius 2 is 2.04 bits per heavy atom. The number of phenolic OH excluding ortho intramolecular Hbond substituents is 1. The summed E-state index contributed by atoms with van der Waals surface area (Å²) < 4.78 is 0. The van der Waals surface area contributed by atoms with E-state index in [1.54, 1.807) is 0 Å². The number of anilines is 1. The third-order valence-corrected chi connectivity index (χ3v) is 3.22. The first-order chi connectivity index (χ1) is 11.5. The fraction of sp³-hybridized carbons (Fsp3) is 0.125. The summed E-state index contributed by atoms with van der Waals surface area (Å²) in [5, 5.41) is 27.1. The number of hydrogen-bond donors (Lipinski definition) is 3. The van der Waals surface area contributed by atoms with Gasteiger partial charge < -0.3 is 10.4 Å². The minimum absolute atomic E-state index is 0.0170. The van der Waals surface area contributed by atoms with Gasteiger partial charge in [-0.25, -0.2) is 5.43 Å². The van der Waals surface area contributed by atoms with Crippen molar-refractivity contribution < 1.29 is 14.8 Å². The Hall–Kier alpha value is -3.42. The number of aryl methyl sites for hydroxylation is 1. The highest BCUT2D eigenvalue weighted by Gasteiger charge is 2.15. The van der Waals surface area contributed by atoms with Crippen LogP contribution in [0.5, 0.6) is 5.75 Å². The van der Waals surface area contributed by atoms with E-state index in [1.807, 2.05) is 31.2 Å². The van der Waals surface area contributed by atoms with Crippen molar-refractivity contribution in [3.8, 4) is 5.75 Å². The molecule has 0 heterocycles. The van der Waals surface area contributed by atoms with Gasteiger partial charge in [-0.05, 0) is 24.6 Å². The van der Waals surface area contributed by atoms with Gasteiger partial charge >= 0.3 is 5.69 Å². The van der Waals surface area contributed by atoms with Crippen LogP contribution in [0.25, 0.3) is 0 Å². The molecule has 0 spiro atoms. The van der Waals surface area contributed by atoms with E-state index in [0.717, 1.165) is 17.5 Å². The van der Waals surface area contributed by atoms with Gasteiger partial charge in [0.15, 0.2) is 0 Å². The molecule has 0 saturated carbocycles. The van der Waals surface area contributed by atoms with Crippen molar-refractivity contribution in [3.05, 3.63) is 63.7 Å². The monoisotopic (exact) mass is 328 g/mol. The molecule has 0 atom stereocenters. The molecule has 0 bridgehead atoms. The van der Waals surface area contributed by atoms with Crippen LogP contribution in [0, 0.1) is 17.0 Å². The number of nitro groups is 1. The van der Waals surface area contributed by atoms with E-state index in [4.69, 9.17) is 0 Å². The molecule has 1 amide bonds. The molecule has 2 rings (SSSR count). The van der Waals surface area contributed by atoms with Crippen molar-refractivity contribution in [2.75, 3.05) is 11.9 Å². The standard InChI is InChI=1S/C16H16N4O4/c1-11-5-2-3-7-13(11)17-10-15(21)19-18-9-12-6-4-8-14(16(12)22)20(23)24/h2-9,17,22H,10H2,1H3,(H,19,21)/b18-9+. The molecule has 0 aliphatic rings. The number of amides is 1. The second-order valence-corrected chi connectivity index (χ2v) is 4.93. The number of nitro benzene ring substituents is 1. The van der Waals surface area contributed by atoms with E-state index >= 15 is 0 Å². The van der Waals surface area contributed by atoms with Crippen LogP contribution in [0.2, 0.25) is 0 Å². The Labute approximate surface area is 138 Å². The van der Waals surface area contributed by atoms with Gasteiger partial charge in [-0.15, -0.1) is 0 Å². The quantitative estimate of drug-likeness (QED) is 0.427. The minimum atomic E-state index is -0.697. The molecule has 0 fully saturated rings. The zero-order chi connectivity index (χ0) is 17.5. The van der Waals surface area contributed by atoms with Crippen LogP contribution in [0.4, 0.5) is 11.4 Å². The van der Waals surface area contributed by atoms with E-state index in [2.05, 4.69) is 15.8 Å². The number of aromatic hydroxyl groups is 1. The fourth-order valence-electron chi connectivity index (χ4n) is 1.96. The number of carbonyl (C=O) groups is 1. The van der Waals surface area contributed by atoms with Crippen LogP contribution in [-0.2, 0) is 4.79 Å². The second-order valence-electron chi connectivity index (χ2n) is 4.93. The molecule has 0 aromatic heterocycles. The normalized spacial score (nSPS) is 10.5. The maximum absolute atomic E-state index is 11.7. The topological polar surface area (TPSA) is 117 Å². The Morgan fingerprint density at radius 1 is 1.29 bits per heavy atom. The maximum atomic E-state index is 11.7. The molecule has 0 aliphatic heterocycles. The van der Waals surface area contributed by atoms with Crippen LogP contribution < -0.4 is 10.7 Å². The lowest BCUT2D eigenvalue weighted by Gasteiger charge is -2.07. The average molecular weight is 328 g/mol. The van der Waals surface area contributed by atoms with Gasteiger partial charge in [0.2, 0.25) is 5.75 Å². The van der Waals surface area contributed by atoms with Gasteiger partial charge in [-0.3, -0.25) is 14.9 Å². The van der Waals surface area contributed by atoms with Crippen LogP contribution in [0.1, 0.15) is 11.1 Å². The van der Waals surface area contributed by atoms with Crippen molar-refractivity contribution in [3.63, 3.8) is 0 Å². The van der Waals surface area contributed by atoms with Gasteiger partial charge in [0.25, 0.3) is 5.91 Å². The summed E-state index contributed by atoms with van der Waals surface area (Å²) in [7, 11) is 0. The number of phenols is 1. The summed E-state index contributed by atoms with van der Waals surface area (Å²) >= 11 is 0. The van der Waals surface area contributed by atoms with E-state index in [0.29, 0.717) is 0 Å². The molecule has 8 heteroatoms. The van der Waals surface area contributed by atoms with Gasteiger partial charge in [0.1, 0.15) is 0 Å². The van der Waals surface area contributed by atoms with Gasteiger partial charge in [0.05, 0.1) is 17.7 Å². The highest BCUT2D eigenvalue weighted by Crippen LogP contribution is 2.27. The third kappa shape index (κ3) is 4.29. The summed E-state index contributed by atoms with van der Waals surface area (Å²) in [6.45, 7) is 1.94. The van der Waals surface area contributed by atoms with Crippen LogP contribution in [0.15, 0.2) is 47.6 Å². The Bertz CT molecular complexity index is 789. The van der Waals surface area contributed by atoms with Crippen molar-refractivity contribution in [1.82, 2.24) is 5.43 Å². The van der Waals surface area contributed by atoms with Crippen LogP contribution >= 0.6 is 0 Å². The molecule has 8 nitrogen and oxygen atoms in total. The first-order valence-electron chi connectivity index (χ1n) is 7.07. The van der Waals surface area contributed by atoms with Crippen LogP contribution in [-0.4, -0.2) is 28.7 Å². The SMILES string of the molecule is Cc1ccccc1NCC(=O)N/N=C/c1cccc([N+](=O)[O-])c1O. The number of nitrogens with zero attached hydrogens (tertiary/aromatic N) is 2. The smallest absolute Gasteiger partial charge is 0.311 e. The molecule has 124 valence electrons. The molecule has 24 heavy (non-hydrogen) atoms. The predicted octanol–water partition coefficient (Wildman–Crippen LogP) is 2.17. The number of hydrazone groups is 1. The zero-order valence-electron chi connectivity index (χ0n) is 12.9. The predicted molar refractivity (Wildman–Crippen MR) is 90.2 cm³/mol. The lowest BCUT2D eigenvalue weighted by Crippen LogP contribution is -2.26. The number of carbonyl (C=O) groups excluding carboxylic acids is 1. The maximum Gasteiger partial charge on any atom is 0.311 e. The van der Waals surface area contributed by atoms with Crippen molar-refractivity contribution in [2.24, 2.45) is 5.10 Å². The van der Waals surface area contributed by atoms with E-state index in [-0.39, 0.29) is 18.0 Å². The molecule has 0 radical (unpaired) electrons. The van der Waals surface area contributed by atoms with Crippen LogP contribution in [0.3, 0.4) is 0 Å². The first kappa shape index (κ1) is 16.9. The summed E-state index contributed by atoms with van der Waals surface area (Å²) in [6, 6.07) is 11.6. The van der Waals surface area contributed by atoms with Crippen molar-refractivity contribution in [1.29, 1.82) is 0 Å². The lowest BCUT2D eigenvalue weighted by molar-refractivity contribution is -0.385. The van der Waals surface area contributed by atoms with Gasteiger partial charge in [-0.2, -0.15) is 5.10 Å². The molecule has 2 aromatic rings. The molecular formula is C16H16N4O4. The highest BCUT2D eigenvalue weighted by atomic mass is 16.6. The highest BCUT2D eigenvalue weighted by molar-refractivity contribution is 5.87. The number of benzene rings is 2. The fourth-order valence-corrected chi connectivity index (χ4v) is 1.96. The molecular weight excluding hydrogens is 312 g/mol. The summed E-state index contributed by atoms with van der Waals surface area (Å²) in [5.74, 6) is -0.891. The van der Waals surface area contributed by atoms with Gasteiger partial charge in [-0.1, -0.05) is 24.3 Å². The number of rotatable bonds is 6. The Balaban J connectivity index is 1.92. The number of nitrogens with one attached hydrogen (secondary N) is 2. The molecule has 0 saturated heterocycles. The van der Waals surface area contributed by atoms with Crippen molar-refractivity contribution in [2.45, 2.75) is 6.92 Å². The lowest BCUT2D eigenvalue weighted by atomic mass is 10.2. The summed E-state index contributed by atoms with van der Waals surface area (Å²) in [5.41, 5.74) is 3.85. The van der Waals surface area contributed by atoms with Crippen molar-refractivity contribution >= 4 is 23.5 Å². The summed E-state index contributed by atoms with van der Waals surface area (Å²) in [6.07, 6.45) is 1.15. The third-order valence-electron chi connectivity index (χ3n) is 3.22. The van der Waals surface area contributed by atoms with Gasteiger partial charge in [0, 0.05) is 17.3 Å². The minimum Gasteiger partial charge on any atom is -0.502 e. The summed E-state index contributed by atoms with van der Waals surface area (Å²) in [4.78, 5) is 21.7. The molecule has 0 unspecified atom stereocenters. The molecule has 0 aliphatic carbocycles. The zero-order valence-corrected chi connectivity index (χ0v) is 12.9. The average Bonchev–Trinajstić information content (AvgIpc) is 2.55. The number of para-hydroxylation sites is 2. The first-order valence-corrected chi connectivity index (χ1v) is 7.07. The Morgan fingerprint density at radius 3 is 2.75 bits per heavy atom. The second kappa shape index (κ2) is 7.73. The molecule has 3 N–H and O–H groups in total. The van der Waals surface area contributed by atoms with E-state index in [9.17, 15) is 20.0 Å². The van der Waals surface area contributed by atoms with E-state index in [1.165, 1.54) is 18.2 Å². The largest absolute Gasteiger partial charge is 0.502 e. The molecule has 2 aromatic carbocycles. The Kier molecular flexibility index (Phi) is 5.45. The van der Waals surface area contributed by atoms with E-state index < -0.39 is 16.4 Å².